The lowest BCUT2D eigenvalue weighted by Gasteiger charge is -2.36. The number of halogens is 1. The van der Waals surface area contributed by atoms with Crippen LogP contribution in [0.25, 0.3) is 0 Å². The summed E-state index contributed by atoms with van der Waals surface area (Å²) < 4.78 is 10.7. The number of esters is 2. The topological polar surface area (TPSA) is 106 Å². The molecular weight excluding hydrogens is 498 g/mol. The van der Waals surface area contributed by atoms with Crippen LogP contribution in [0.3, 0.4) is 0 Å². The summed E-state index contributed by atoms with van der Waals surface area (Å²) in [5, 5.41) is 10.1. The fraction of sp³-hybridized carbons (Fsp3) is 0.269. The van der Waals surface area contributed by atoms with Crippen LogP contribution in [0.15, 0.2) is 75.7 Å². The molecule has 1 aliphatic rings. The first kappa shape index (κ1) is 25.1. The molecule has 0 saturated carbocycles. The third-order valence-corrected chi connectivity index (χ3v) is 6.30. The molecule has 1 atom stereocenters. The molecular formula is C26H26BrN3O4. The number of nitrogens with two attached hydrogens (primary N) is 1. The highest BCUT2D eigenvalue weighted by Gasteiger charge is 2.43. The highest BCUT2D eigenvalue weighted by Crippen LogP contribution is 2.45. The minimum Gasteiger partial charge on any atom is -0.466 e. The van der Waals surface area contributed by atoms with E-state index in [9.17, 15) is 14.9 Å². The van der Waals surface area contributed by atoms with Crippen LogP contribution in [0, 0.1) is 11.3 Å². The van der Waals surface area contributed by atoms with Crippen LogP contribution in [0.5, 0.6) is 0 Å². The number of hydrogen-bond donors (Lipinski definition) is 1. The molecule has 8 heteroatoms. The highest BCUT2D eigenvalue weighted by atomic mass is 79.9. The van der Waals surface area contributed by atoms with Crippen LogP contribution >= 0.6 is 15.9 Å². The van der Waals surface area contributed by atoms with Crippen molar-refractivity contribution >= 4 is 33.6 Å². The lowest BCUT2D eigenvalue weighted by Crippen LogP contribution is -2.41. The fourth-order valence-corrected chi connectivity index (χ4v) is 4.47. The molecule has 2 N–H and O–H groups in total. The molecule has 0 saturated heterocycles. The van der Waals surface area contributed by atoms with E-state index < -0.39 is 17.9 Å². The Balaban J connectivity index is 2.40. The summed E-state index contributed by atoms with van der Waals surface area (Å²) in [6, 6.07) is 16.7. The third-order valence-electron chi connectivity index (χ3n) is 5.66. The molecule has 0 fully saturated rings. The minimum absolute atomic E-state index is 0.0219. The molecule has 2 aromatic rings. The van der Waals surface area contributed by atoms with E-state index in [1.807, 2.05) is 18.2 Å². The summed E-state index contributed by atoms with van der Waals surface area (Å²) >= 11 is 3.58. The lowest BCUT2D eigenvalue weighted by atomic mass is 9.80. The van der Waals surface area contributed by atoms with Gasteiger partial charge in [-0.3, -0.25) is 4.90 Å². The van der Waals surface area contributed by atoms with E-state index in [-0.39, 0.29) is 28.1 Å². The summed E-state index contributed by atoms with van der Waals surface area (Å²) in [6.07, 6.45) is 0. The molecule has 34 heavy (non-hydrogen) atoms. The Bertz CT molecular complexity index is 1240. The number of anilines is 1. The van der Waals surface area contributed by atoms with E-state index in [0.29, 0.717) is 15.7 Å². The van der Waals surface area contributed by atoms with Crippen molar-refractivity contribution in [3.05, 3.63) is 86.8 Å². The molecule has 7 nitrogen and oxygen atoms in total. The van der Waals surface area contributed by atoms with Gasteiger partial charge in [0.15, 0.2) is 0 Å². The van der Waals surface area contributed by atoms with Crippen molar-refractivity contribution in [3.8, 4) is 6.07 Å². The number of carbonyl (C=O) groups excluding carboxylic acids is 2. The van der Waals surface area contributed by atoms with E-state index in [1.165, 1.54) is 19.1 Å². The molecule has 176 valence electrons. The molecule has 0 bridgehead atoms. The molecule has 3 rings (SSSR count). The van der Waals surface area contributed by atoms with E-state index in [0.717, 1.165) is 5.56 Å². The number of nitrogens with zero attached hydrogens (tertiary/aromatic N) is 2. The van der Waals surface area contributed by atoms with Gasteiger partial charge < -0.3 is 15.2 Å². The maximum absolute atomic E-state index is 13.1. The number of ether oxygens (including phenoxy) is 2. The van der Waals surface area contributed by atoms with Crippen molar-refractivity contribution in [2.45, 2.75) is 32.1 Å². The Hall–Kier alpha value is -3.57. The Labute approximate surface area is 207 Å². The Kier molecular flexibility index (Phi) is 7.18. The third kappa shape index (κ3) is 4.44. The SMILES string of the molecule is COC(=O)C1=C(C(=O)OC)N(c2ccc(C(C)(C)C)cc2Br)C(N)=C(C#N)C1c1ccccc1. The van der Waals surface area contributed by atoms with Crippen LogP contribution in [0.1, 0.15) is 37.8 Å². The first-order valence-electron chi connectivity index (χ1n) is 10.5. The van der Waals surface area contributed by atoms with Gasteiger partial charge in [-0.1, -0.05) is 57.2 Å². The zero-order valence-electron chi connectivity index (χ0n) is 19.7. The summed E-state index contributed by atoms with van der Waals surface area (Å²) in [5.74, 6) is -2.43. The molecule has 0 aliphatic carbocycles. The smallest absolute Gasteiger partial charge is 0.355 e. The van der Waals surface area contributed by atoms with Crippen molar-refractivity contribution in [1.29, 1.82) is 5.26 Å². The van der Waals surface area contributed by atoms with Gasteiger partial charge in [-0.05, 0) is 44.6 Å². The molecule has 0 aromatic heterocycles. The largest absolute Gasteiger partial charge is 0.466 e. The average molecular weight is 524 g/mol. The molecule has 0 amide bonds. The second-order valence-electron chi connectivity index (χ2n) is 8.75. The molecule has 1 unspecified atom stereocenters. The van der Waals surface area contributed by atoms with Crippen molar-refractivity contribution in [3.63, 3.8) is 0 Å². The minimum atomic E-state index is -0.906. The van der Waals surface area contributed by atoms with E-state index >= 15 is 0 Å². The monoisotopic (exact) mass is 523 g/mol. The van der Waals surface area contributed by atoms with Gasteiger partial charge in [0, 0.05) is 4.47 Å². The zero-order chi connectivity index (χ0) is 25.2. The van der Waals surface area contributed by atoms with Gasteiger partial charge in [-0.15, -0.1) is 0 Å². The van der Waals surface area contributed by atoms with Gasteiger partial charge in [0.2, 0.25) is 0 Å². The summed E-state index contributed by atoms with van der Waals surface area (Å²) in [6.45, 7) is 6.24. The summed E-state index contributed by atoms with van der Waals surface area (Å²) in [7, 11) is 2.44. The summed E-state index contributed by atoms with van der Waals surface area (Å²) in [5.41, 5.74) is 8.53. The Morgan fingerprint density at radius 3 is 2.18 bits per heavy atom. The number of rotatable bonds is 4. The first-order valence-corrected chi connectivity index (χ1v) is 11.3. The van der Waals surface area contributed by atoms with Gasteiger partial charge >= 0.3 is 11.9 Å². The number of carbonyl (C=O) groups is 2. The molecule has 2 aromatic carbocycles. The normalized spacial score (nSPS) is 16.3. The van der Waals surface area contributed by atoms with Gasteiger partial charge in [-0.25, -0.2) is 9.59 Å². The Morgan fingerprint density at radius 1 is 1.06 bits per heavy atom. The number of methoxy groups -OCH3 is 2. The predicted molar refractivity (Wildman–Crippen MR) is 132 cm³/mol. The van der Waals surface area contributed by atoms with E-state index in [4.69, 9.17) is 15.2 Å². The standard InChI is InChI=1S/C26H26BrN3O4/c1-26(2,3)16-11-12-19(18(27)13-16)30-22(25(32)34-5)21(24(31)33-4)20(17(14-28)23(30)29)15-9-7-6-8-10-15/h6-13,20H,29H2,1-5H3. The molecule has 0 spiro atoms. The number of nitriles is 1. The van der Waals surface area contributed by atoms with E-state index in [2.05, 4.69) is 42.8 Å². The van der Waals surface area contributed by atoms with Gasteiger partial charge in [0.05, 0.1) is 43.0 Å². The van der Waals surface area contributed by atoms with Crippen molar-refractivity contribution in [2.24, 2.45) is 5.73 Å². The van der Waals surface area contributed by atoms with Gasteiger partial charge in [0.25, 0.3) is 0 Å². The maximum atomic E-state index is 13.1. The second-order valence-corrected chi connectivity index (χ2v) is 9.61. The van der Waals surface area contributed by atoms with Crippen LogP contribution in [0.2, 0.25) is 0 Å². The second kappa shape index (κ2) is 9.74. The highest BCUT2D eigenvalue weighted by molar-refractivity contribution is 9.10. The van der Waals surface area contributed by atoms with Crippen LogP contribution in [-0.2, 0) is 24.5 Å². The van der Waals surface area contributed by atoms with Crippen LogP contribution < -0.4 is 10.6 Å². The number of allylic oxidation sites excluding steroid dienone is 1. The molecule has 0 radical (unpaired) electrons. The first-order chi connectivity index (χ1) is 16.1. The lowest BCUT2D eigenvalue weighted by molar-refractivity contribution is -0.139. The van der Waals surface area contributed by atoms with Crippen molar-refractivity contribution < 1.29 is 19.1 Å². The number of benzene rings is 2. The van der Waals surface area contributed by atoms with Crippen molar-refractivity contribution in [1.82, 2.24) is 0 Å². The van der Waals surface area contributed by atoms with Gasteiger partial charge in [0.1, 0.15) is 11.5 Å². The van der Waals surface area contributed by atoms with Crippen molar-refractivity contribution in [2.75, 3.05) is 19.1 Å². The van der Waals surface area contributed by atoms with Crippen LogP contribution in [-0.4, -0.2) is 26.2 Å². The average Bonchev–Trinajstić information content (AvgIpc) is 2.82. The zero-order valence-corrected chi connectivity index (χ0v) is 21.3. The van der Waals surface area contributed by atoms with Crippen LogP contribution in [0.4, 0.5) is 5.69 Å². The summed E-state index contributed by atoms with van der Waals surface area (Å²) in [4.78, 5) is 27.6. The number of hydrogen-bond acceptors (Lipinski definition) is 7. The predicted octanol–water partition coefficient (Wildman–Crippen LogP) is 4.64. The maximum Gasteiger partial charge on any atom is 0.355 e. The van der Waals surface area contributed by atoms with Gasteiger partial charge in [-0.2, -0.15) is 5.26 Å². The molecule has 1 heterocycles. The van der Waals surface area contributed by atoms with E-state index in [1.54, 1.807) is 30.3 Å². The Morgan fingerprint density at radius 2 is 1.68 bits per heavy atom. The fourth-order valence-electron chi connectivity index (χ4n) is 3.92. The molecule has 1 aliphatic heterocycles. The quantitative estimate of drug-likeness (QED) is 0.581.